The van der Waals surface area contributed by atoms with Gasteiger partial charge >= 0.3 is 0 Å². The zero-order valence-electron chi connectivity index (χ0n) is 13.1. The molecule has 0 fully saturated rings. The van der Waals surface area contributed by atoms with Gasteiger partial charge in [-0.05, 0) is 84.7 Å². The molecule has 2 rings (SSSR count). The van der Waals surface area contributed by atoms with Crippen molar-refractivity contribution in [1.29, 1.82) is 0 Å². The van der Waals surface area contributed by atoms with Crippen LogP contribution in [0.4, 0.5) is 4.39 Å². The van der Waals surface area contributed by atoms with Crippen molar-refractivity contribution in [2.75, 3.05) is 20.6 Å². The van der Waals surface area contributed by atoms with Crippen LogP contribution in [0.3, 0.4) is 0 Å². The van der Waals surface area contributed by atoms with Crippen LogP contribution in [-0.4, -0.2) is 25.5 Å². The van der Waals surface area contributed by atoms with E-state index in [0.29, 0.717) is 14.5 Å². The van der Waals surface area contributed by atoms with E-state index < -0.39 is 0 Å². The van der Waals surface area contributed by atoms with Crippen molar-refractivity contribution in [3.63, 3.8) is 0 Å². The summed E-state index contributed by atoms with van der Waals surface area (Å²) in [5.41, 5.74) is 2.08. The fraction of sp³-hybridized carbons (Fsp3) is 0.333. The predicted molar refractivity (Wildman–Crippen MR) is 100 cm³/mol. The summed E-state index contributed by atoms with van der Waals surface area (Å²) in [6.45, 7) is 0.942. The van der Waals surface area contributed by atoms with Crippen LogP contribution in [-0.2, 0) is 6.42 Å². The van der Waals surface area contributed by atoms with E-state index in [1.165, 1.54) is 6.07 Å². The van der Waals surface area contributed by atoms with Crippen molar-refractivity contribution < 1.29 is 4.39 Å². The topological polar surface area (TPSA) is 3.24 Å². The van der Waals surface area contributed by atoms with E-state index in [1.807, 2.05) is 38.4 Å². The molecule has 0 spiro atoms. The van der Waals surface area contributed by atoms with E-state index in [9.17, 15) is 4.39 Å². The lowest BCUT2D eigenvalue weighted by Gasteiger charge is -2.21. The summed E-state index contributed by atoms with van der Waals surface area (Å²) >= 11 is 15.5. The standard InChI is InChI=1S/C18H19BrCl2FN/c1-23(2)9-8-13(12-6-7-15(20)16(21)11-12)10-14-4-3-5-17(22)18(14)19/h3-7,11,13H,8-10H2,1-2H3. The maximum absolute atomic E-state index is 13.8. The minimum atomic E-state index is -0.233. The summed E-state index contributed by atoms with van der Waals surface area (Å²) < 4.78 is 14.3. The molecule has 0 heterocycles. The van der Waals surface area contributed by atoms with Crippen LogP contribution in [0.15, 0.2) is 40.9 Å². The molecule has 2 aromatic carbocycles. The monoisotopic (exact) mass is 417 g/mol. The Labute approximate surface area is 155 Å². The molecule has 0 aliphatic heterocycles. The van der Waals surface area contributed by atoms with Gasteiger partial charge in [0.15, 0.2) is 0 Å². The second-order valence-corrected chi connectivity index (χ2v) is 7.49. The van der Waals surface area contributed by atoms with Gasteiger partial charge in [0.05, 0.1) is 14.5 Å². The van der Waals surface area contributed by atoms with Gasteiger partial charge in [0.1, 0.15) is 5.82 Å². The third-order valence-corrected chi connectivity index (χ3v) is 5.46. The second-order valence-electron chi connectivity index (χ2n) is 5.88. The first-order valence-corrected chi connectivity index (χ1v) is 8.96. The molecule has 1 unspecified atom stereocenters. The van der Waals surface area contributed by atoms with Gasteiger partial charge in [-0.25, -0.2) is 4.39 Å². The molecular formula is C18H19BrCl2FN. The molecule has 124 valence electrons. The smallest absolute Gasteiger partial charge is 0.137 e. The summed E-state index contributed by atoms with van der Waals surface area (Å²) in [4.78, 5) is 2.14. The largest absolute Gasteiger partial charge is 0.309 e. The van der Waals surface area contributed by atoms with Crippen LogP contribution in [0.2, 0.25) is 10.0 Å². The zero-order chi connectivity index (χ0) is 17.0. The fourth-order valence-corrected chi connectivity index (χ4v) is 3.27. The third-order valence-electron chi connectivity index (χ3n) is 3.84. The van der Waals surface area contributed by atoms with E-state index in [1.54, 1.807) is 6.07 Å². The lowest BCUT2D eigenvalue weighted by atomic mass is 9.89. The Kier molecular flexibility index (Phi) is 6.90. The molecule has 0 N–H and O–H groups in total. The van der Waals surface area contributed by atoms with Crippen LogP contribution >= 0.6 is 39.1 Å². The molecular weight excluding hydrogens is 400 g/mol. The first-order chi connectivity index (χ1) is 10.9. The highest BCUT2D eigenvalue weighted by molar-refractivity contribution is 9.10. The van der Waals surface area contributed by atoms with E-state index in [4.69, 9.17) is 23.2 Å². The van der Waals surface area contributed by atoms with Gasteiger partial charge in [-0.3, -0.25) is 0 Å². The predicted octanol–water partition coefficient (Wildman–Crippen LogP) is 6.17. The first kappa shape index (κ1) is 18.7. The molecule has 0 bridgehead atoms. The van der Waals surface area contributed by atoms with E-state index in [2.05, 4.69) is 20.8 Å². The summed E-state index contributed by atoms with van der Waals surface area (Å²) in [5.74, 6) is 0.00765. The number of halogens is 4. The molecule has 0 aliphatic carbocycles. The van der Waals surface area contributed by atoms with Gasteiger partial charge in [0, 0.05) is 0 Å². The molecule has 0 saturated carbocycles. The van der Waals surface area contributed by atoms with Crippen LogP contribution in [0.25, 0.3) is 0 Å². The Balaban J connectivity index is 2.29. The molecule has 0 radical (unpaired) electrons. The van der Waals surface area contributed by atoms with Crippen molar-refractivity contribution in [3.8, 4) is 0 Å². The third kappa shape index (κ3) is 5.18. The summed E-state index contributed by atoms with van der Waals surface area (Å²) in [6.07, 6.45) is 1.69. The maximum Gasteiger partial charge on any atom is 0.137 e. The average Bonchev–Trinajstić information content (AvgIpc) is 2.50. The van der Waals surface area contributed by atoms with Crippen molar-refractivity contribution in [1.82, 2.24) is 4.90 Å². The number of hydrogen-bond donors (Lipinski definition) is 0. The highest BCUT2D eigenvalue weighted by Gasteiger charge is 2.17. The Morgan fingerprint density at radius 2 is 1.87 bits per heavy atom. The lowest BCUT2D eigenvalue weighted by molar-refractivity contribution is 0.379. The van der Waals surface area contributed by atoms with Gasteiger partial charge in [-0.2, -0.15) is 0 Å². The molecule has 0 aliphatic rings. The van der Waals surface area contributed by atoms with Crippen molar-refractivity contribution in [2.24, 2.45) is 0 Å². The van der Waals surface area contributed by atoms with Crippen molar-refractivity contribution in [3.05, 3.63) is 67.9 Å². The van der Waals surface area contributed by atoms with Crippen LogP contribution < -0.4 is 0 Å². The van der Waals surface area contributed by atoms with Gasteiger partial charge < -0.3 is 4.90 Å². The minimum absolute atomic E-state index is 0.233. The molecule has 1 atom stereocenters. The average molecular weight is 419 g/mol. The van der Waals surface area contributed by atoms with E-state index in [0.717, 1.165) is 30.5 Å². The Bertz CT molecular complexity index is 676. The van der Waals surface area contributed by atoms with Crippen LogP contribution in [0.1, 0.15) is 23.5 Å². The number of benzene rings is 2. The zero-order valence-corrected chi connectivity index (χ0v) is 16.2. The molecule has 23 heavy (non-hydrogen) atoms. The maximum atomic E-state index is 13.8. The fourth-order valence-electron chi connectivity index (χ4n) is 2.54. The summed E-state index contributed by atoms with van der Waals surface area (Å²) in [7, 11) is 4.09. The Hall–Kier alpha value is -0.610. The number of nitrogens with zero attached hydrogens (tertiary/aromatic N) is 1. The quantitative estimate of drug-likeness (QED) is 0.541. The molecule has 0 aromatic heterocycles. The van der Waals surface area contributed by atoms with Crippen LogP contribution in [0.5, 0.6) is 0 Å². The Morgan fingerprint density at radius 1 is 1.13 bits per heavy atom. The Morgan fingerprint density at radius 3 is 2.52 bits per heavy atom. The van der Waals surface area contributed by atoms with Gasteiger partial charge in [0.25, 0.3) is 0 Å². The first-order valence-electron chi connectivity index (χ1n) is 7.41. The lowest BCUT2D eigenvalue weighted by Crippen LogP contribution is -2.17. The van der Waals surface area contributed by atoms with Gasteiger partial charge in [-0.15, -0.1) is 0 Å². The second kappa shape index (κ2) is 8.48. The molecule has 2 aromatic rings. The SMILES string of the molecule is CN(C)CCC(Cc1cccc(F)c1Br)c1ccc(Cl)c(Cl)c1. The van der Waals surface area contributed by atoms with Gasteiger partial charge in [-0.1, -0.05) is 41.4 Å². The van der Waals surface area contributed by atoms with Gasteiger partial charge in [0.2, 0.25) is 0 Å². The summed E-state index contributed by atoms with van der Waals surface area (Å²) in [6, 6.07) is 10.9. The number of rotatable bonds is 6. The van der Waals surface area contributed by atoms with E-state index in [-0.39, 0.29) is 11.7 Å². The van der Waals surface area contributed by atoms with Crippen LogP contribution in [0, 0.1) is 5.82 Å². The van der Waals surface area contributed by atoms with E-state index >= 15 is 0 Å². The molecule has 0 amide bonds. The minimum Gasteiger partial charge on any atom is -0.309 e. The molecule has 1 nitrogen and oxygen atoms in total. The molecule has 5 heteroatoms. The summed E-state index contributed by atoms with van der Waals surface area (Å²) in [5, 5.41) is 1.10. The van der Waals surface area contributed by atoms with Crippen molar-refractivity contribution in [2.45, 2.75) is 18.8 Å². The van der Waals surface area contributed by atoms with Crippen molar-refractivity contribution >= 4 is 39.1 Å². The normalized spacial score (nSPS) is 12.7. The highest BCUT2D eigenvalue weighted by atomic mass is 79.9. The number of hydrogen-bond acceptors (Lipinski definition) is 1. The molecule has 0 saturated heterocycles. The highest BCUT2D eigenvalue weighted by Crippen LogP contribution is 2.32.